The van der Waals surface area contributed by atoms with E-state index in [9.17, 15) is 9.59 Å². The predicted molar refractivity (Wildman–Crippen MR) is 115 cm³/mol. The molecule has 0 N–H and O–H groups in total. The van der Waals surface area contributed by atoms with Crippen molar-refractivity contribution in [2.24, 2.45) is 16.9 Å². The minimum Gasteiger partial charge on any atom is -0.465 e. The molecule has 3 rings (SSSR count). The highest BCUT2D eigenvalue weighted by molar-refractivity contribution is 6.11. The van der Waals surface area contributed by atoms with Gasteiger partial charge in [-0.3, -0.25) is 9.69 Å². The molecule has 0 saturated heterocycles. The molecule has 1 aliphatic carbocycles. The van der Waals surface area contributed by atoms with Gasteiger partial charge in [0.05, 0.1) is 18.0 Å². The first-order chi connectivity index (χ1) is 14.0. The number of para-hydroxylation sites is 1. The summed E-state index contributed by atoms with van der Waals surface area (Å²) in [6.07, 6.45) is 6.62. The van der Waals surface area contributed by atoms with E-state index in [1.807, 2.05) is 18.2 Å². The fourth-order valence-corrected chi connectivity index (χ4v) is 4.11. The van der Waals surface area contributed by atoms with Crippen molar-refractivity contribution in [3.05, 3.63) is 29.8 Å². The molecule has 1 aromatic carbocycles. The van der Waals surface area contributed by atoms with E-state index in [-0.39, 0.29) is 19.2 Å². The lowest BCUT2D eigenvalue weighted by atomic mass is 9.83. The highest BCUT2D eigenvalue weighted by atomic mass is 16.5. The zero-order chi connectivity index (χ0) is 20.8. The van der Waals surface area contributed by atoms with Gasteiger partial charge in [0.15, 0.2) is 0 Å². The molecule has 29 heavy (non-hydrogen) atoms. The quantitative estimate of drug-likeness (QED) is 0.618. The standard InChI is InChI=1S/C23H33N3O3/c1-4-29-21(27)16-26-23(28)25(15-14-17(2)3)20-13-9-8-12-19(20)22(24-26)18-10-6-5-7-11-18/h8-9,12-13,17-18H,4-7,10-11,14-16H2,1-3H3. The van der Waals surface area contributed by atoms with Gasteiger partial charge >= 0.3 is 12.0 Å². The van der Waals surface area contributed by atoms with Crippen molar-refractivity contribution >= 4 is 23.4 Å². The number of amides is 2. The Labute approximate surface area is 173 Å². The number of urea groups is 1. The monoisotopic (exact) mass is 399 g/mol. The van der Waals surface area contributed by atoms with Crippen LogP contribution in [0, 0.1) is 11.8 Å². The van der Waals surface area contributed by atoms with Crippen molar-refractivity contribution in [1.29, 1.82) is 0 Å². The summed E-state index contributed by atoms with van der Waals surface area (Å²) in [5, 5.41) is 6.10. The molecule has 0 aromatic heterocycles. The first kappa shape index (κ1) is 21.3. The Bertz CT molecular complexity index is 753. The average Bonchev–Trinajstić information content (AvgIpc) is 2.82. The molecule has 1 heterocycles. The summed E-state index contributed by atoms with van der Waals surface area (Å²) in [6, 6.07) is 7.78. The van der Waals surface area contributed by atoms with Gasteiger partial charge in [0.2, 0.25) is 0 Å². The predicted octanol–water partition coefficient (Wildman–Crippen LogP) is 4.82. The van der Waals surface area contributed by atoms with Gasteiger partial charge in [0.1, 0.15) is 6.54 Å². The molecule has 6 nitrogen and oxygen atoms in total. The third-order valence-electron chi connectivity index (χ3n) is 5.66. The molecule has 0 bridgehead atoms. The molecule has 2 amide bonds. The Hall–Kier alpha value is -2.37. The molecular formula is C23H33N3O3. The molecule has 1 aliphatic heterocycles. The Morgan fingerprint density at radius 3 is 2.62 bits per heavy atom. The summed E-state index contributed by atoms with van der Waals surface area (Å²) >= 11 is 0. The number of carbonyl (C=O) groups is 2. The Balaban J connectivity index is 2.02. The number of rotatable bonds is 7. The topological polar surface area (TPSA) is 62.2 Å². The van der Waals surface area contributed by atoms with Crippen LogP contribution >= 0.6 is 0 Å². The fraction of sp³-hybridized carbons (Fsp3) is 0.609. The van der Waals surface area contributed by atoms with E-state index in [1.165, 1.54) is 24.3 Å². The first-order valence-electron chi connectivity index (χ1n) is 10.9. The van der Waals surface area contributed by atoms with Crippen LogP contribution in [0.3, 0.4) is 0 Å². The smallest absolute Gasteiger partial charge is 0.345 e. The molecule has 6 heteroatoms. The van der Waals surface area contributed by atoms with Crippen LogP contribution in [-0.2, 0) is 9.53 Å². The summed E-state index contributed by atoms with van der Waals surface area (Å²) in [5.74, 6) is 0.352. The number of hydrogen-bond acceptors (Lipinski definition) is 4. The van der Waals surface area contributed by atoms with E-state index in [1.54, 1.807) is 11.8 Å². The lowest BCUT2D eigenvalue weighted by Crippen LogP contribution is -2.43. The maximum absolute atomic E-state index is 13.4. The van der Waals surface area contributed by atoms with Gasteiger partial charge in [0.25, 0.3) is 0 Å². The molecular weight excluding hydrogens is 366 g/mol. The van der Waals surface area contributed by atoms with Gasteiger partial charge in [-0.2, -0.15) is 5.10 Å². The van der Waals surface area contributed by atoms with E-state index >= 15 is 0 Å². The normalized spacial score (nSPS) is 17.8. The molecule has 1 saturated carbocycles. The second kappa shape index (κ2) is 9.90. The summed E-state index contributed by atoms with van der Waals surface area (Å²) in [6.45, 7) is 6.79. The third-order valence-corrected chi connectivity index (χ3v) is 5.66. The fourth-order valence-electron chi connectivity index (χ4n) is 4.11. The highest BCUT2D eigenvalue weighted by Crippen LogP contribution is 2.34. The number of carbonyl (C=O) groups excluding carboxylic acids is 2. The van der Waals surface area contributed by atoms with E-state index in [0.717, 1.165) is 36.2 Å². The Morgan fingerprint density at radius 1 is 1.21 bits per heavy atom. The molecule has 1 aromatic rings. The molecule has 0 spiro atoms. The zero-order valence-electron chi connectivity index (χ0n) is 17.9. The van der Waals surface area contributed by atoms with Crippen LogP contribution in [0.15, 0.2) is 29.4 Å². The van der Waals surface area contributed by atoms with E-state index in [0.29, 0.717) is 18.4 Å². The minimum atomic E-state index is -0.428. The second-order valence-electron chi connectivity index (χ2n) is 8.32. The van der Waals surface area contributed by atoms with Crippen LogP contribution in [0.1, 0.15) is 64.9 Å². The SMILES string of the molecule is CCOC(=O)CN1N=C(C2CCCCC2)c2ccccc2N(CCC(C)C)C1=O. The maximum atomic E-state index is 13.4. The zero-order valence-corrected chi connectivity index (χ0v) is 17.9. The van der Waals surface area contributed by atoms with Gasteiger partial charge in [-0.25, -0.2) is 9.80 Å². The van der Waals surface area contributed by atoms with Crippen molar-refractivity contribution in [3.8, 4) is 0 Å². The van der Waals surface area contributed by atoms with Crippen LogP contribution in [0.4, 0.5) is 10.5 Å². The Kier molecular flexibility index (Phi) is 7.29. The average molecular weight is 400 g/mol. The van der Waals surface area contributed by atoms with Crippen LogP contribution in [-0.4, -0.2) is 42.4 Å². The number of benzene rings is 1. The molecule has 0 unspecified atom stereocenters. The summed E-state index contributed by atoms with van der Waals surface area (Å²) in [4.78, 5) is 27.4. The summed E-state index contributed by atoms with van der Waals surface area (Å²) < 4.78 is 5.10. The molecule has 0 atom stereocenters. The van der Waals surface area contributed by atoms with Crippen LogP contribution in [0.5, 0.6) is 0 Å². The van der Waals surface area contributed by atoms with E-state index < -0.39 is 5.97 Å². The van der Waals surface area contributed by atoms with E-state index in [2.05, 4.69) is 19.9 Å². The minimum absolute atomic E-state index is 0.158. The molecule has 0 radical (unpaired) electrons. The lowest BCUT2D eigenvalue weighted by Gasteiger charge is -2.27. The number of anilines is 1. The van der Waals surface area contributed by atoms with Crippen molar-refractivity contribution < 1.29 is 14.3 Å². The van der Waals surface area contributed by atoms with Crippen molar-refractivity contribution in [2.75, 3.05) is 24.6 Å². The number of hydrazone groups is 1. The highest BCUT2D eigenvalue weighted by Gasteiger charge is 2.33. The molecule has 1 fully saturated rings. The maximum Gasteiger partial charge on any atom is 0.345 e. The first-order valence-corrected chi connectivity index (χ1v) is 10.9. The van der Waals surface area contributed by atoms with Crippen molar-refractivity contribution in [3.63, 3.8) is 0 Å². The van der Waals surface area contributed by atoms with Crippen LogP contribution in [0.25, 0.3) is 0 Å². The second-order valence-corrected chi connectivity index (χ2v) is 8.32. The molecule has 2 aliphatic rings. The van der Waals surface area contributed by atoms with Crippen LogP contribution < -0.4 is 4.90 Å². The lowest BCUT2D eigenvalue weighted by molar-refractivity contribution is -0.143. The number of nitrogens with zero attached hydrogens (tertiary/aromatic N) is 3. The third kappa shape index (κ3) is 5.17. The van der Waals surface area contributed by atoms with Gasteiger partial charge < -0.3 is 4.74 Å². The summed E-state index contributed by atoms with van der Waals surface area (Å²) in [7, 11) is 0. The van der Waals surface area contributed by atoms with E-state index in [4.69, 9.17) is 9.84 Å². The molecule has 158 valence electrons. The summed E-state index contributed by atoms with van der Waals surface area (Å²) in [5.41, 5.74) is 2.85. The largest absolute Gasteiger partial charge is 0.465 e. The van der Waals surface area contributed by atoms with Gasteiger partial charge in [0, 0.05) is 18.0 Å². The van der Waals surface area contributed by atoms with Crippen molar-refractivity contribution in [1.82, 2.24) is 5.01 Å². The van der Waals surface area contributed by atoms with Gasteiger partial charge in [-0.05, 0) is 38.2 Å². The number of hydrogen-bond donors (Lipinski definition) is 0. The Morgan fingerprint density at radius 2 is 1.93 bits per heavy atom. The number of esters is 1. The number of fused-ring (bicyclic) bond motifs is 1. The van der Waals surface area contributed by atoms with Crippen LogP contribution in [0.2, 0.25) is 0 Å². The number of ether oxygens (including phenoxy) is 1. The van der Waals surface area contributed by atoms with Gasteiger partial charge in [-0.1, -0.05) is 51.3 Å². The van der Waals surface area contributed by atoms with Gasteiger partial charge in [-0.15, -0.1) is 0 Å². The van der Waals surface area contributed by atoms with Crippen molar-refractivity contribution in [2.45, 2.75) is 59.3 Å².